The van der Waals surface area contributed by atoms with Crippen LogP contribution in [0.5, 0.6) is 0 Å². The van der Waals surface area contributed by atoms with E-state index in [-0.39, 0.29) is 6.61 Å². The Kier molecular flexibility index (Phi) is 9.80. The average molecular weight is 191 g/mol. The fourth-order valence-electron chi connectivity index (χ4n) is 1.07. The monoisotopic (exact) mass is 191 g/mol. The van der Waals surface area contributed by atoms with Crippen molar-refractivity contribution in [1.29, 1.82) is 0 Å². The Morgan fingerprint density at radius 2 is 1.54 bits per heavy atom. The summed E-state index contributed by atoms with van der Waals surface area (Å²) >= 11 is 0. The number of hydrogen-bond acceptors (Lipinski definition) is 4. The van der Waals surface area contributed by atoms with Crippen molar-refractivity contribution >= 4 is 0 Å². The van der Waals surface area contributed by atoms with Crippen molar-refractivity contribution in [3.05, 3.63) is 0 Å². The van der Waals surface area contributed by atoms with E-state index < -0.39 is 0 Å². The SMILES string of the molecule is COCCN(CCCO)CCOC. The summed E-state index contributed by atoms with van der Waals surface area (Å²) in [4.78, 5) is 2.23. The molecule has 0 atom stereocenters. The second-order valence-electron chi connectivity index (χ2n) is 2.90. The van der Waals surface area contributed by atoms with E-state index in [0.717, 1.165) is 39.3 Å². The first kappa shape index (κ1) is 12.8. The molecule has 0 heterocycles. The van der Waals surface area contributed by atoms with Crippen molar-refractivity contribution in [3.63, 3.8) is 0 Å². The van der Waals surface area contributed by atoms with Gasteiger partial charge in [-0.2, -0.15) is 0 Å². The van der Waals surface area contributed by atoms with Crippen molar-refractivity contribution < 1.29 is 14.6 Å². The second kappa shape index (κ2) is 9.92. The van der Waals surface area contributed by atoms with E-state index in [9.17, 15) is 0 Å². The summed E-state index contributed by atoms with van der Waals surface area (Å²) in [6.07, 6.45) is 0.813. The van der Waals surface area contributed by atoms with E-state index in [2.05, 4.69) is 4.90 Å². The van der Waals surface area contributed by atoms with Crippen molar-refractivity contribution in [3.8, 4) is 0 Å². The summed E-state index contributed by atoms with van der Waals surface area (Å²) < 4.78 is 9.97. The standard InChI is InChI=1S/C9H21NO3/c1-12-8-5-10(4-3-7-11)6-9-13-2/h11H,3-9H2,1-2H3. The van der Waals surface area contributed by atoms with Crippen LogP contribution in [0, 0.1) is 0 Å². The van der Waals surface area contributed by atoms with Crippen LogP contribution in [0.2, 0.25) is 0 Å². The topological polar surface area (TPSA) is 41.9 Å². The number of ether oxygens (including phenoxy) is 2. The van der Waals surface area contributed by atoms with Crippen molar-refractivity contribution in [1.82, 2.24) is 4.90 Å². The van der Waals surface area contributed by atoms with Gasteiger partial charge in [0.1, 0.15) is 0 Å². The molecule has 0 saturated heterocycles. The molecule has 0 aliphatic carbocycles. The molecule has 0 fully saturated rings. The summed E-state index contributed by atoms with van der Waals surface area (Å²) in [6.45, 7) is 4.42. The maximum absolute atomic E-state index is 8.68. The van der Waals surface area contributed by atoms with Crippen LogP contribution in [-0.4, -0.2) is 63.7 Å². The van der Waals surface area contributed by atoms with Gasteiger partial charge in [-0.15, -0.1) is 0 Å². The van der Waals surface area contributed by atoms with E-state index in [0.29, 0.717) is 0 Å². The molecular weight excluding hydrogens is 170 g/mol. The van der Waals surface area contributed by atoms with Gasteiger partial charge in [-0.3, -0.25) is 4.90 Å². The minimum absolute atomic E-state index is 0.246. The van der Waals surface area contributed by atoms with Crippen LogP contribution in [0.15, 0.2) is 0 Å². The average Bonchev–Trinajstić information content (AvgIpc) is 2.17. The van der Waals surface area contributed by atoms with Crippen molar-refractivity contribution in [2.45, 2.75) is 6.42 Å². The van der Waals surface area contributed by atoms with Gasteiger partial charge in [0.15, 0.2) is 0 Å². The second-order valence-corrected chi connectivity index (χ2v) is 2.90. The molecule has 0 aromatic heterocycles. The normalized spacial score (nSPS) is 11.1. The number of aliphatic hydroxyl groups excluding tert-OH is 1. The van der Waals surface area contributed by atoms with E-state index in [4.69, 9.17) is 14.6 Å². The first-order chi connectivity index (χ1) is 6.35. The largest absolute Gasteiger partial charge is 0.396 e. The summed E-state index contributed by atoms with van der Waals surface area (Å²) in [6, 6.07) is 0. The van der Waals surface area contributed by atoms with Gasteiger partial charge in [-0.1, -0.05) is 0 Å². The molecule has 0 spiro atoms. The Hall–Kier alpha value is -0.160. The highest BCUT2D eigenvalue weighted by atomic mass is 16.5. The smallest absolute Gasteiger partial charge is 0.0589 e. The van der Waals surface area contributed by atoms with Crippen molar-refractivity contribution in [2.24, 2.45) is 0 Å². The fraction of sp³-hybridized carbons (Fsp3) is 1.00. The lowest BCUT2D eigenvalue weighted by Crippen LogP contribution is -2.32. The predicted octanol–water partition coefficient (Wildman–Crippen LogP) is -0.0364. The molecule has 0 saturated carbocycles. The Morgan fingerprint density at radius 3 is 1.92 bits per heavy atom. The third kappa shape index (κ3) is 8.18. The zero-order chi connectivity index (χ0) is 9.94. The zero-order valence-electron chi connectivity index (χ0n) is 8.66. The van der Waals surface area contributed by atoms with E-state index in [1.165, 1.54) is 0 Å². The molecule has 0 aliphatic heterocycles. The minimum Gasteiger partial charge on any atom is -0.396 e. The summed E-state index contributed by atoms with van der Waals surface area (Å²) in [5, 5.41) is 8.68. The van der Waals surface area contributed by atoms with E-state index in [1.807, 2.05) is 0 Å². The Morgan fingerprint density at radius 1 is 1.00 bits per heavy atom. The Labute approximate surface area is 80.4 Å². The lowest BCUT2D eigenvalue weighted by molar-refractivity contribution is 0.109. The number of nitrogens with zero attached hydrogens (tertiary/aromatic N) is 1. The molecule has 4 nitrogen and oxygen atoms in total. The molecule has 0 aromatic carbocycles. The fourth-order valence-corrected chi connectivity index (χ4v) is 1.07. The van der Waals surface area contributed by atoms with Crippen LogP contribution >= 0.6 is 0 Å². The van der Waals surface area contributed by atoms with Crippen LogP contribution in [-0.2, 0) is 9.47 Å². The quantitative estimate of drug-likeness (QED) is 0.555. The number of hydrogen-bond donors (Lipinski definition) is 1. The molecule has 0 aromatic rings. The van der Waals surface area contributed by atoms with Gasteiger partial charge < -0.3 is 14.6 Å². The molecule has 0 amide bonds. The first-order valence-corrected chi connectivity index (χ1v) is 4.66. The van der Waals surface area contributed by atoms with Gasteiger partial charge in [0.2, 0.25) is 0 Å². The van der Waals surface area contributed by atoms with Crippen LogP contribution in [0.4, 0.5) is 0 Å². The summed E-state index contributed by atoms with van der Waals surface area (Å²) in [7, 11) is 3.39. The van der Waals surface area contributed by atoms with Gasteiger partial charge in [-0.25, -0.2) is 0 Å². The molecule has 4 heteroatoms. The van der Waals surface area contributed by atoms with Gasteiger partial charge in [-0.05, 0) is 6.42 Å². The van der Waals surface area contributed by atoms with Crippen LogP contribution in [0.3, 0.4) is 0 Å². The lowest BCUT2D eigenvalue weighted by Gasteiger charge is -2.20. The van der Waals surface area contributed by atoms with Crippen LogP contribution < -0.4 is 0 Å². The van der Waals surface area contributed by atoms with E-state index >= 15 is 0 Å². The third-order valence-electron chi connectivity index (χ3n) is 1.86. The van der Waals surface area contributed by atoms with E-state index in [1.54, 1.807) is 14.2 Å². The highest BCUT2D eigenvalue weighted by Crippen LogP contribution is 1.91. The zero-order valence-corrected chi connectivity index (χ0v) is 8.66. The predicted molar refractivity (Wildman–Crippen MR) is 51.9 cm³/mol. The third-order valence-corrected chi connectivity index (χ3v) is 1.86. The molecule has 0 bridgehead atoms. The number of rotatable bonds is 9. The Balaban J connectivity index is 3.47. The summed E-state index contributed by atoms with van der Waals surface area (Å²) in [5.74, 6) is 0. The van der Waals surface area contributed by atoms with Gasteiger partial charge in [0.25, 0.3) is 0 Å². The molecule has 13 heavy (non-hydrogen) atoms. The first-order valence-electron chi connectivity index (χ1n) is 4.66. The molecule has 0 rings (SSSR count). The highest BCUT2D eigenvalue weighted by molar-refractivity contribution is 4.56. The van der Waals surface area contributed by atoms with Gasteiger partial charge in [0, 0.05) is 40.5 Å². The van der Waals surface area contributed by atoms with Gasteiger partial charge >= 0.3 is 0 Å². The van der Waals surface area contributed by atoms with Crippen molar-refractivity contribution in [2.75, 3.05) is 53.7 Å². The van der Waals surface area contributed by atoms with Crippen LogP contribution in [0.1, 0.15) is 6.42 Å². The Bertz CT molecular complexity index is 81.8. The molecular formula is C9H21NO3. The number of methoxy groups -OCH3 is 2. The van der Waals surface area contributed by atoms with Gasteiger partial charge in [0.05, 0.1) is 13.2 Å². The molecule has 0 aliphatic rings. The molecule has 0 radical (unpaired) electrons. The van der Waals surface area contributed by atoms with Crippen LogP contribution in [0.25, 0.3) is 0 Å². The molecule has 1 N–H and O–H groups in total. The molecule has 0 unspecified atom stereocenters. The lowest BCUT2D eigenvalue weighted by atomic mass is 10.4. The maximum Gasteiger partial charge on any atom is 0.0589 e. The number of aliphatic hydroxyl groups is 1. The minimum atomic E-state index is 0.246. The maximum atomic E-state index is 8.68. The summed E-state index contributed by atoms with van der Waals surface area (Å²) in [5.41, 5.74) is 0. The molecule has 80 valence electrons. The highest BCUT2D eigenvalue weighted by Gasteiger charge is 2.02.